The van der Waals surface area contributed by atoms with Crippen LogP contribution < -0.4 is 10.4 Å². The lowest BCUT2D eigenvalue weighted by Gasteiger charge is -2.09. The fraction of sp³-hybridized carbons (Fsp3) is 0.188. The maximum Gasteiger partial charge on any atom is 0.323 e. The lowest BCUT2D eigenvalue weighted by atomic mass is 10.1. The third-order valence-electron chi connectivity index (χ3n) is 3.71. The number of sulfonamides is 1. The van der Waals surface area contributed by atoms with E-state index in [0.717, 1.165) is 11.6 Å². The molecule has 0 spiro atoms. The molecular weight excluding hydrogens is 333 g/mol. The number of hydrogen-bond donors (Lipinski definition) is 3. The van der Waals surface area contributed by atoms with Crippen LogP contribution in [0.25, 0.3) is 11.0 Å². The van der Waals surface area contributed by atoms with E-state index in [1.807, 2.05) is 6.07 Å². The second-order valence-corrected chi connectivity index (χ2v) is 7.25. The van der Waals surface area contributed by atoms with Crippen molar-refractivity contribution in [3.63, 3.8) is 0 Å². The highest BCUT2D eigenvalue weighted by atomic mass is 32.2. The van der Waals surface area contributed by atoms with E-state index in [2.05, 4.69) is 14.7 Å². The van der Waals surface area contributed by atoms with Crippen LogP contribution in [0.1, 0.15) is 11.1 Å². The van der Waals surface area contributed by atoms with E-state index >= 15 is 0 Å². The first kappa shape index (κ1) is 16.4. The second-order valence-electron chi connectivity index (χ2n) is 5.52. The number of benzene rings is 2. The van der Waals surface area contributed by atoms with E-state index in [1.165, 1.54) is 12.1 Å². The number of imidazole rings is 1. The summed E-state index contributed by atoms with van der Waals surface area (Å²) < 4.78 is 40.2. The van der Waals surface area contributed by atoms with Gasteiger partial charge in [-0.05, 0) is 54.8 Å². The Hall–Kier alpha value is -2.45. The van der Waals surface area contributed by atoms with Crippen LogP contribution in [0.2, 0.25) is 0 Å². The van der Waals surface area contributed by atoms with Gasteiger partial charge in [0, 0.05) is 6.54 Å². The monoisotopic (exact) mass is 349 g/mol. The van der Waals surface area contributed by atoms with Crippen LogP contribution in [0.15, 0.2) is 46.1 Å². The van der Waals surface area contributed by atoms with Crippen LogP contribution in [-0.2, 0) is 16.4 Å². The van der Waals surface area contributed by atoms with Gasteiger partial charge in [0.05, 0.1) is 15.9 Å². The van der Waals surface area contributed by atoms with E-state index in [-0.39, 0.29) is 17.1 Å². The molecule has 1 heterocycles. The number of halogens is 1. The lowest BCUT2D eigenvalue weighted by molar-refractivity contribution is 0.580. The maximum atomic E-state index is 13.1. The molecule has 0 amide bonds. The standard InChI is InChI=1S/C16H16FN3O3S/c1-10-8-12(17)3-5-15(10)24(22,23)18-7-6-11-2-4-13-14(9-11)20-16(21)19-13/h2-5,8-9,18H,6-7H2,1H3,(H2,19,20,21). The highest BCUT2D eigenvalue weighted by Crippen LogP contribution is 2.16. The van der Waals surface area contributed by atoms with Crippen LogP contribution in [0, 0.1) is 12.7 Å². The molecule has 0 saturated heterocycles. The first-order chi connectivity index (χ1) is 11.3. The Kier molecular flexibility index (Phi) is 4.25. The van der Waals surface area contributed by atoms with Gasteiger partial charge >= 0.3 is 5.69 Å². The van der Waals surface area contributed by atoms with Crippen molar-refractivity contribution < 1.29 is 12.8 Å². The van der Waals surface area contributed by atoms with Gasteiger partial charge in [-0.25, -0.2) is 22.3 Å². The Morgan fingerprint density at radius 1 is 1.08 bits per heavy atom. The summed E-state index contributed by atoms with van der Waals surface area (Å²) in [7, 11) is -3.70. The number of nitrogens with one attached hydrogen (secondary N) is 3. The quantitative estimate of drug-likeness (QED) is 0.656. The summed E-state index contributed by atoms with van der Waals surface area (Å²) in [4.78, 5) is 16.6. The normalized spacial score (nSPS) is 11.9. The van der Waals surface area contributed by atoms with Gasteiger partial charge in [-0.2, -0.15) is 0 Å². The highest BCUT2D eigenvalue weighted by molar-refractivity contribution is 7.89. The molecule has 8 heteroatoms. The maximum absolute atomic E-state index is 13.1. The predicted molar refractivity (Wildman–Crippen MR) is 88.9 cm³/mol. The molecule has 0 bridgehead atoms. The van der Waals surface area contributed by atoms with Crippen molar-refractivity contribution in [3.8, 4) is 0 Å². The SMILES string of the molecule is Cc1cc(F)ccc1S(=O)(=O)NCCc1ccc2[nH]c(=O)[nH]c2c1. The number of H-pyrrole nitrogens is 2. The van der Waals surface area contributed by atoms with Crippen molar-refractivity contribution >= 4 is 21.1 Å². The molecule has 3 rings (SSSR count). The van der Waals surface area contributed by atoms with Gasteiger partial charge in [-0.15, -0.1) is 0 Å². The molecule has 0 radical (unpaired) electrons. The van der Waals surface area contributed by atoms with Gasteiger partial charge < -0.3 is 9.97 Å². The van der Waals surface area contributed by atoms with Gasteiger partial charge in [-0.3, -0.25) is 0 Å². The van der Waals surface area contributed by atoms with Gasteiger partial charge in [0.1, 0.15) is 5.82 Å². The van der Waals surface area contributed by atoms with Crippen molar-refractivity contribution in [1.82, 2.24) is 14.7 Å². The summed E-state index contributed by atoms with van der Waals surface area (Å²) in [5.74, 6) is -0.472. The van der Waals surface area contributed by atoms with E-state index < -0.39 is 15.8 Å². The molecule has 0 aliphatic heterocycles. The van der Waals surface area contributed by atoms with Gasteiger partial charge in [0.2, 0.25) is 10.0 Å². The zero-order chi connectivity index (χ0) is 17.3. The topological polar surface area (TPSA) is 94.8 Å². The van der Waals surface area contributed by atoms with Crippen molar-refractivity contribution in [2.75, 3.05) is 6.54 Å². The van der Waals surface area contributed by atoms with Crippen LogP contribution in [0.5, 0.6) is 0 Å². The molecule has 126 valence electrons. The minimum atomic E-state index is -3.70. The Morgan fingerprint density at radius 2 is 1.83 bits per heavy atom. The average Bonchev–Trinajstić information content (AvgIpc) is 2.86. The van der Waals surface area contributed by atoms with E-state index in [4.69, 9.17) is 0 Å². The Balaban J connectivity index is 1.71. The first-order valence-corrected chi connectivity index (χ1v) is 8.80. The lowest BCUT2D eigenvalue weighted by Crippen LogP contribution is -2.26. The summed E-state index contributed by atoms with van der Waals surface area (Å²) in [5, 5.41) is 0. The zero-order valence-corrected chi connectivity index (χ0v) is 13.7. The summed E-state index contributed by atoms with van der Waals surface area (Å²) in [6, 6.07) is 8.95. The number of aryl methyl sites for hydroxylation is 1. The molecule has 1 aromatic heterocycles. The molecule has 2 aromatic carbocycles. The molecule has 0 aliphatic rings. The highest BCUT2D eigenvalue weighted by Gasteiger charge is 2.16. The van der Waals surface area contributed by atoms with Crippen LogP contribution in [0.3, 0.4) is 0 Å². The number of fused-ring (bicyclic) bond motifs is 1. The van der Waals surface area contributed by atoms with Gasteiger partial charge in [-0.1, -0.05) is 6.07 Å². The number of aromatic nitrogens is 2. The second kappa shape index (κ2) is 6.21. The molecule has 3 N–H and O–H groups in total. The van der Waals surface area contributed by atoms with Crippen molar-refractivity contribution in [2.45, 2.75) is 18.2 Å². The zero-order valence-electron chi connectivity index (χ0n) is 12.9. The van der Waals surface area contributed by atoms with Crippen molar-refractivity contribution in [1.29, 1.82) is 0 Å². The van der Waals surface area contributed by atoms with Crippen molar-refractivity contribution in [2.24, 2.45) is 0 Å². The molecule has 0 aliphatic carbocycles. The smallest absolute Gasteiger partial charge is 0.306 e. The minimum Gasteiger partial charge on any atom is -0.306 e. The fourth-order valence-corrected chi connectivity index (χ4v) is 3.81. The average molecular weight is 349 g/mol. The van der Waals surface area contributed by atoms with Crippen LogP contribution in [-0.4, -0.2) is 24.9 Å². The molecule has 3 aromatic rings. The Morgan fingerprint density at radius 3 is 2.58 bits per heavy atom. The van der Waals surface area contributed by atoms with E-state index in [9.17, 15) is 17.6 Å². The van der Waals surface area contributed by atoms with E-state index in [1.54, 1.807) is 19.1 Å². The van der Waals surface area contributed by atoms with Crippen LogP contribution >= 0.6 is 0 Å². The van der Waals surface area contributed by atoms with Gasteiger partial charge in [0.15, 0.2) is 0 Å². The summed E-state index contributed by atoms with van der Waals surface area (Å²) in [6.45, 7) is 1.74. The fourth-order valence-electron chi connectivity index (χ4n) is 2.56. The third kappa shape index (κ3) is 3.39. The largest absolute Gasteiger partial charge is 0.323 e. The number of hydrogen-bond acceptors (Lipinski definition) is 3. The summed E-state index contributed by atoms with van der Waals surface area (Å²) in [5.41, 5.74) is 2.33. The predicted octanol–water partition coefficient (Wildman–Crippen LogP) is 1.82. The van der Waals surface area contributed by atoms with Crippen molar-refractivity contribution in [3.05, 3.63) is 63.8 Å². The molecule has 0 fully saturated rings. The molecular formula is C16H16FN3O3S. The summed E-state index contributed by atoms with van der Waals surface area (Å²) >= 11 is 0. The Labute approximate surface area is 137 Å². The molecule has 24 heavy (non-hydrogen) atoms. The first-order valence-electron chi connectivity index (χ1n) is 7.32. The molecule has 6 nitrogen and oxygen atoms in total. The molecule has 0 unspecified atom stereocenters. The van der Waals surface area contributed by atoms with Gasteiger partial charge in [0.25, 0.3) is 0 Å². The number of aromatic amines is 2. The van der Waals surface area contributed by atoms with E-state index in [0.29, 0.717) is 23.0 Å². The van der Waals surface area contributed by atoms with Crippen LogP contribution in [0.4, 0.5) is 4.39 Å². The Bertz CT molecular complexity index is 1050. The molecule has 0 saturated carbocycles. The minimum absolute atomic E-state index is 0.0642. The summed E-state index contributed by atoms with van der Waals surface area (Å²) in [6.07, 6.45) is 0.461. The number of rotatable bonds is 5. The molecule has 0 atom stereocenters. The third-order valence-corrected chi connectivity index (χ3v) is 5.33.